The second-order valence-electron chi connectivity index (χ2n) is 8.28. The minimum Gasteiger partial charge on any atom is -0.361 e. The van der Waals surface area contributed by atoms with Crippen molar-refractivity contribution in [2.75, 3.05) is 32.8 Å². The summed E-state index contributed by atoms with van der Waals surface area (Å²) in [6, 6.07) is 9.73. The highest BCUT2D eigenvalue weighted by molar-refractivity contribution is 5.95. The summed E-state index contributed by atoms with van der Waals surface area (Å²) in [6.45, 7) is 1.44. The van der Waals surface area contributed by atoms with E-state index in [2.05, 4.69) is 10.2 Å². The average Bonchev–Trinajstić information content (AvgIpc) is 3.26. The van der Waals surface area contributed by atoms with Crippen LogP contribution in [-0.2, 0) is 10.5 Å². The predicted octanol–water partition coefficient (Wildman–Crippen LogP) is 2.50. The number of hydrogen-bond donors (Lipinski definition) is 2. The molecule has 7 nitrogen and oxygen atoms in total. The Morgan fingerprint density at radius 3 is 2.76 bits per heavy atom. The van der Waals surface area contributed by atoms with E-state index in [-0.39, 0.29) is 36.2 Å². The van der Waals surface area contributed by atoms with Gasteiger partial charge in [0.2, 0.25) is 11.7 Å². The maximum atomic E-state index is 13.8. The van der Waals surface area contributed by atoms with Crippen LogP contribution in [0.2, 0.25) is 0 Å². The highest BCUT2D eigenvalue weighted by Crippen LogP contribution is 2.32. The lowest BCUT2D eigenvalue weighted by Gasteiger charge is -2.48. The van der Waals surface area contributed by atoms with Gasteiger partial charge in [0.15, 0.2) is 11.6 Å². The third-order valence-corrected chi connectivity index (χ3v) is 6.21. The average molecular weight is 458 g/mol. The molecule has 2 atom stereocenters. The van der Waals surface area contributed by atoms with E-state index in [1.807, 2.05) is 4.90 Å². The molecule has 1 aromatic heterocycles. The van der Waals surface area contributed by atoms with E-state index in [9.17, 15) is 23.1 Å². The fourth-order valence-corrected chi connectivity index (χ4v) is 4.39. The number of ether oxygens (including phenoxy) is 1. The molecule has 33 heavy (non-hydrogen) atoms. The first-order valence-corrected chi connectivity index (χ1v) is 10.5. The second-order valence-corrected chi connectivity index (χ2v) is 8.28. The summed E-state index contributed by atoms with van der Waals surface area (Å²) in [5, 5.41) is 16.8. The lowest BCUT2D eigenvalue weighted by Crippen LogP contribution is -2.63. The van der Waals surface area contributed by atoms with Gasteiger partial charge in [-0.05, 0) is 29.8 Å². The Labute approximate surface area is 187 Å². The van der Waals surface area contributed by atoms with E-state index in [1.165, 1.54) is 12.3 Å². The van der Waals surface area contributed by atoms with Crippen LogP contribution in [-0.4, -0.2) is 69.8 Å². The molecular weight excluding hydrogens is 437 g/mol. The fraction of sp³-hybridized carbons (Fsp3) is 0.304. The van der Waals surface area contributed by atoms with Gasteiger partial charge in [-0.2, -0.15) is 9.49 Å². The van der Waals surface area contributed by atoms with Gasteiger partial charge in [-0.1, -0.05) is 18.2 Å². The molecule has 0 bridgehead atoms. The Hall–Kier alpha value is -3.21. The summed E-state index contributed by atoms with van der Waals surface area (Å²) in [5.74, 6) is -4.58. The Kier molecular flexibility index (Phi) is 5.43. The number of aromatic amines is 1. The standard InChI is InChI=1S/C23H21F3N4O3/c24-19-5-4-16(9-20(19)25)23(32)13-30-7-6-29(11-17(30)12-33-23)22(31)15-3-1-2-14(8-15)18-10-27-28-21(18)26/h1-5,8-10,17,32H,6-7,11-13H2,(H,27,28)/t17-,23-/m0/s1. The van der Waals surface area contributed by atoms with Crippen molar-refractivity contribution in [3.05, 3.63) is 77.4 Å². The number of amides is 1. The largest absolute Gasteiger partial charge is 0.361 e. The van der Waals surface area contributed by atoms with Crippen molar-refractivity contribution in [1.82, 2.24) is 20.0 Å². The third-order valence-electron chi connectivity index (χ3n) is 6.21. The number of carbonyl (C=O) groups is 1. The van der Waals surface area contributed by atoms with Gasteiger partial charge >= 0.3 is 0 Å². The summed E-state index contributed by atoms with van der Waals surface area (Å²) in [4.78, 5) is 16.8. The monoisotopic (exact) mass is 458 g/mol. The van der Waals surface area contributed by atoms with E-state index < -0.39 is 23.4 Å². The van der Waals surface area contributed by atoms with Crippen LogP contribution in [0.5, 0.6) is 0 Å². The number of aromatic nitrogens is 2. The zero-order chi connectivity index (χ0) is 23.2. The van der Waals surface area contributed by atoms with Crippen LogP contribution in [0.3, 0.4) is 0 Å². The van der Waals surface area contributed by atoms with E-state index in [0.717, 1.165) is 12.1 Å². The molecule has 1 amide bonds. The highest BCUT2D eigenvalue weighted by atomic mass is 19.2. The highest BCUT2D eigenvalue weighted by Gasteiger charge is 2.43. The number of aliphatic hydroxyl groups is 1. The second kappa shape index (κ2) is 8.29. The number of fused-ring (bicyclic) bond motifs is 1. The molecule has 0 unspecified atom stereocenters. The van der Waals surface area contributed by atoms with Crippen LogP contribution in [0.15, 0.2) is 48.7 Å². The van der Waals surface area contributed by atoms with Gasteiger partial charge in [0.05, 0.1) is 31.0 Å². The number of carbonyl (C=O) groups excluding carboxylic acids is 1. The molecule has 3 aromatic rings. The predicted molar refractivity (Wildman–Crippen MR) is 111 cm³/mol. The summed E-state index contributed by atoms with van der Waals surface area (Å²) in [5.41, 5.74) is 1.40. The smallest absolute Gasteiger partial charge is 0.253 e. The third kappa shape index (κ3) is 4.01. The van der Waals surface area contributed by atoms with Gasteiger partial charge in [0, 0.05) is 30.8 Å². The summed E-state index contributed by atoms with van der Waals surface area (Å²) < 4.78 is 46.4. The number of halogens is 3. The Bertz CT molecular complexity index is 1200. The lowest BCUT2D eigenvalue weighted by molar-refractivity contribution is -0.265. The SMILES string of the molecule is O=C(c1cccc(-c2cn[nH]c2F)c1)N1CCN2C[C@@](O)(c3ccc(F)c(F)c3)OC[C@@H]2C1. The van der Waals surface area contributed by atoms with Gasteiger partial charge in [0.1, 0.15) is 0 Å². The minimum atomic E-state index is -1.76. The van der Waals surface area contributed by atoms with Crippen molar-refractivity contribution >= 4 is 5.91 Å². The molecule has 0 spiro atoms. The van der Waals surface area contributed by atoms with Crippen molar-refractivity contribution in [3.8, 4) is 11.1 Å². The quantitative estimate of drug-likeness (QED) is 0.631. The van der Waals surface area contributed by atoms with Crippen molar-refractivity contribution in [1.29, 1.82) is 0 Å². The molecule has 5 rings (SSSR count). The zero-order valence-corrected chi connectivity index (χ0v) is 17.5. The Morgan fingerprint density at radius 1 is 1.15 bits per heavy atom. The summed E-state index contributed by atoms with van der Waals surface area (Å²) in [7, 11) is 0. The maximum absolute atomic E-state index is 13.8. The number of morpholine rings is 1. The number of nitrogens with zero attached hydrogens (tertiary/aromatic N) is 3. The van der Waals surface area contributed by atoms with Gasteiger partial charge in [0.25, 0.3) is 5.91 Å². The van der Waals surface area contributed by atoms with Crippen molar-refractivity contribution in [2.24, 2.45) is 0 Å². The molecular formula is C23H21F3N4O3. The van der Waals surface area contributed by atoms with Crippen LogP contribution in [0.4, 0.5) is 13.2 Å². The van der Waals surface area contributed by atoms with Crippen LogP contribution >= 0.6 is 0 Å². The molecule has 2 aromatic carbocycles. The molecule has 0 saturated carbocycles. The van der Waals surface area contributed by atoms with E-state index in [0.29, 0.717) is 30.8 Å². The maximum Gasteiger partial charge on any atom is 0.253 e. The molecule has 3 heterocycles. The number of nitrogens with one attached hydrogen (secondary N) is 1. The first-order chi connectivity index (χ1) is 15.8. The molecule has 2 N–H and O–H groups in total. The van der Waals surface area contributed by atoms with Gasteiger partial charge < -0.3 is 14.7 Å². The first-order valence-electron chi connectivity index (χ1n) is 10.5. The number of rotatable bonds is 3. The summed E-state index contributed by atoms with van der Waals surface area (Å²) >= 11 is 0. The van der Waals surface area contributed by atoms with Gasteiger partial charge in [-0.25, -0.2) is 8.78 Å². The number of piperazine rings is 1. The van der Waals surface area contributed by atoms with Crippen LogP contribution in [0.1, 0.15) is 15.9 Å². The molecule has 0 aliphatic carbocycles. The number of benzene rings is 2. The van der Waals surface area contributed by atoms with Gasteiger partial charge in [-0.15, -0.1) is 0 Å². The van der Waals surface area contributed by atoms with Crippen LogP contribution in [0.25, 0.3) is 11.1 Å². The zero-order valence-electron chi connectivity index (χ0n) is 17.5. The molecule has 2 aliphatic heterocycles. The summed E-state index contributed by atoms with van der Waals surface area (Å²) in [6.07, 6.45) is 1.37. The first kappa shape index (κ1) is 21.6. The van der Waals surface area contributed by atoms with Crippen molar-refractivity contribution in [3.63, 3.8) is 0 Å². The molecule has 0 radical (unpaired) electrons. The molecule has 2 saturated heterocycles. The number of H-pyrrole nitrogens is 1. The molecule has 10 heteroatoms. The van der Waals surface area contributed by atoms with Crippen LogP contribution < -0.4 is 0 Å². The van der Waals surface area contributed by atoms with Crippen LogP contribution in [0, 0.1) is 17.6 Å². The van der Waals surface area contributed by atoms with Crippen molar-refractivity contribution in [2.45, 2.75) is 11.8 Å². The topological polar surface area (TPSA) is 81.7 Å². The molecule has 2 aliphatic rings. The van der Waals surface area contributed by atoms with Gasteiger partial charge in [-0.3, -0.25) is 14.8 Å². The minimum absolute atomic E-state index is 0.0695. The van der Waals surface area contributed by atoms with Crippen molar-refractivity contribution < 1.29 is 27.8 Å². The molecule has 2 fully saturated rings. The lowest BCUT2D eigenvalue weighted by atomic mass is 9.99. The van der Waals surface area contributed by atoms with E-state index in [4.69, 9.17) is 4.74 Å². The fourth-order valence-electron chi connectivity index (χ4n) is 4.39. The van der Waals surface area contributed by atoms with E-state index in [1.54, 1.807) is 29.2 Å². The number of hydrogen-bond acceptors (Lipinski definition) is 5. The Balaban J connectivity index is 1.28. The van der Waals surface area contributed by atoms with E-state index >= 15 is 0 Å². The Morgan fingerprint density at radius 2 is 2.00 bits per heavy atom. The normalized spacial score (nSPS) is 23.4. The molecule has 172 valence electrons.